The Morgan fingerprint density at radius 1 is 1.11 bits per heavy atom. The number of hydrazone groups is 1. The summed E-state index contributed by atoms with van der Waals surface area (Å²) in [6.45, 7) is 7.29. The van der Waals surface area contributed by atoms with Gasteiger partial charge in [-0.05, 0) is 69.0 Å². The second-order valence-corrected chi connectivity index (χ2v) is 11.3. The Morgan fingerprint density at radius 2 is 1.79 bits per heavy atom. The zero-order valence-corrected chi connectivity index (χ0v) is 23.4. The lowest BCUT2D eigenvalue weighted by Crippen LogP contribution is -2.48. The van der Waals surface area contributed by atoms with Gasteiger partial charge < -0.3 is 9.84 Å². The zero-order chi connectivity index (χ0) is 27.4. The normalized spacial score (nSPS) is 20.2. The first-order valence-electron chi connectivity index (χ1n) is 12.9. The molecule has 0 radical (unpaired) electrons. The Bertz CT molecular complexity index is 1200. The van der Waals surface area contributed by atoms with Gasteiger partial charge in [0.2, 0.25) is 0 Å². The molecule has 1 amide bonds. The molecule has 4 rings (SSSR count). The molecule has 1 saturated heterocycles. The number of ether oxygens (including phenoxy) is 1. The first-order valence-corrected chi connectivity index (χ1v) is 13.7. The van der Waals surface area contributed by atoms with Gasteiger partial charge in [0.1, 0.15) is 11.5 Å². The smallest absolute Gasteiger partial charge is 0.309 e. The maximum atomic E-state index is 13.3. The van der Waals surface area contributed by atoms with Crippen LogP contribution in [-0.2, 0) is 9.59 Å². The first kappa shape index (κ1) is 28.2. The van der Waals surface area contributed by atoms with Crippen molar-refractivity contribution in [2.75, 3.05) is 24.7 Å². The van der Waals surface area contributed by atoms with Crippen molar-refractivity contribution < 1.29 is 19.4 Å². The molecule has 2 aromatic rings. The summed E-state index contributed by atoms with van der Waals surface area (Å²) in [6.07, 6.45) is 3.67. The van der Waals surface area contributed by atoms with Crippen molar-refractivity contribution in [2.45, 2.75) is 52.5 Å². The third-order valence-electron chi connectivity index (χ3n) is 7.19. The summed E-state index contributed by atoms with van der Waals surface area (Å²) in [7, 11) is 0. The fourth-order valence-electron chi connectivity index (χ4n) is 4.68. The highest BCUT2D eigenvalue weighted by Gasteiger charge is 2.40. The lowest BCUT2D eigenvalue weighted by Gasteiger charge is -2.28. The van der Waals surface area contributed by atoms with Gasteiger partial charge in [0.15, 0.2) is 0 Å². The number of amides is 1. The van der Waals surface area contributed by atoms with Gasteiger partial charge in [-0.15, -0.1) is 0 Å². The number of nitrogens with zero attached hydrogens (tertiary/aromatic N) is 3. The third kappa shape index (κ3) is 6.42. The van der Waals surface area contributed by atoms with Crippen LogP contribution < -0.4 is 15.2 Å². The highest BCUT2D eigenvalue weighted by atomic mass is 35.5. The lowest BCUT2D eigenvalue weighted by atomic mass is 9.90. The molecule has 2 unspecified atom stereocenters. The molecule has 0 spiro atoms. The molecular weight excluding hydrogens is 527 g/mol. The average molecular weight is 562 g/mol. The van der Waals surface area contributed by atoms with Crippen LogP contribution in [0.5, 0.6) is 5.75 Å². The standard InChI is InChI=1S/C28H34Cl2N4O4/c1-18-24(26(35)32-33-14-5-4-6-15-33)31-34(23-12-9-20(29)17-22(23)30)25(18)19-7-10-21(11-8-19)38-16-13-28(2,3)27(36)37/h7-12,17-18,25H,4-6,13-16H2,1-3H3,(H,32,35)(H,36,37). The number of hydrazine groups is 1. The summed E-state index contributed by atoms with van der Waals surface area (Å²) in [5.41, 5.74) is 4.20. The van der Waals surface area contributed by atoms with Crippen molar-refractivity contribution >= 4 is 46.5 Å². The maximum absolute atomic E-state index is 13.3. The van der Waals surface area contributed by atoms with E-state index in [2.05, 4.69) is 5.43 Å². The van der Waals surface area contributed by atoms with Crippen LogP contribution in [0.4, 0.5) is 5.69 Å². The van der Waals surface area contributed by atoms with E-state index < -0.39 is 11.4 Å². The van der Waals surface area contributed by atoms with E-state index in [0.717, 1.165) is 31.5 Å². The van der Waals surface area contributed by atoms with E-state index in [-0.39, 0.29) is 24.5 Å². The number of carboxylic acids is 1. The van der Waals surface area contributed by atoms with Crippen LogP contribution in [0.25, 0.3) is 0 Å². The molecule has 2 aliphatic rings. The topological polar surface area (TPSA) is 94.5 Å². The second-order valence-electron chi connectivity index (χ2n) is 10.5. The third-order valence-corrected chi connectivity index (χ3v) is 7.72. The monoisotopic (exact) mass is 560 g/mol. The van der Waals surface area contributed by atoms with Crippen LogP contribution in [0.3, 0.4) is 0 Å². The van der Waals surface area contributed by atoms with Crippen molar-refractivity contribution in [1.29, 1.82) is 0 Å². The Balaban J connectivity index is 1.55. The molecule has 10 heteroatoms. The Hall–Kier alpha value is -2.81. The zero-order valence-electron chi connectivity index (χ0n) is 21.9. The van der Waals surface area contributed by atoms with Crippen molar-refractivity contribution in [2.24, 2.45) is 16.4 Å². The molecule has 2 heterocycles. The minimum absolute atomic E-state index is 0.210. The number of halogens is 2. The molecule has 0 aliphatic carbocycles. The fraction of sp³-hybridized carbons (Fsp3) is 0.464. The molecule has 204 valence electrons. The van der Waals surface area contributed by atoms with E-state index in [1.807, 2.05) is 36.2 Å². The van der Waals surface area contributed by atoms with E-state index >= 15 is 0 Å². The molecule has 0 aromatic heterocycles. The highest BCUT2D eigenvalue weighted by molar-refractivity contribution is 6.41. The number of anilines is 1. The van der Waals surface area contributed by atoms with Gasteiger partial charge in [-0.3, -0.25) is 20.0 Å². The molecule has 1 fully saturated rings. The van der Waals surface area contributed by atoms with Gasteiger partial charge in [-0.25, -0.2) is 5.01 Å². The number of aliphatic carboxylic acids is 1. The van der Waals surface area contributed by atoms with Crippen molar-refractivity contribution in [3.8, 4) is 5.75 Å². The van der Waals surface area contributed by atoms with Crippen LogP contribution in [0, 0.1) is 11.3 Å². The molecule has 0 bridgehead atoms. The Kier molecular flexibility index (Phi) is 8.85. The van der Waals surface area contributed by atoms with E-state index in [1.165, 1.54) is 6.42 Å². The average Bonchev–Trinajstić information content (AvgIpc) is 3.21. The fourth-order valence-corrected chi connectivity index (χ4v) is 5.18. The van der Waals surface area contributed by atoms with Gasteiger partial charge in [-0.1, -0.05) is 48.7 Å². The molecule has 2 N–H and O–H groups in total. The summed E-state index contributed by atoms with van der Waals surface area (Å²) >= 11 is 12.7. The number of hydrogen-bond donors (Lipinski definition) is 2. The quantitative estimate of drug-likeness (QED) is 0.394. The van der Waals surface area contributed by atoms with Gasteiger partial charge in [0, 0.05) is 24.0 Å². The number of benzene rings is 2. The lowest BCUT2D eigenvalue weighted by molar-refractivity contribution is -0.147. The Labute approximate surface area is 233 Å². The van der Waals surface area contributed by atoms with E-state index in [9.17, 15) is 14.7 Å². The van der Waals surface area contributed by atoms with Gasteiger partial charge in [-0.2, -0.15) is 5.10 Å². The summed E-state index contributed by atoms with van der Waals surface area (Å²) in [5, 5.41) is 18.8. The molecule has 2 aromatic carbocycles. The molecule has 8 nitrogen and oxygen atoms in total. The molecule has 38 heavy (non-hydrogen) atoms. The number of hydrogen-bond acceptors (Lipinski definition) is 6. The first-order chi connectivity index (χ1) is 18.1. The van der Waals surface area contributed by atoms with Crippen molar-refractivity contribution in [3.63, 3.8) is 0 Å². The van der Waals surface area contributed by atoms with Crippen molar-refractivity contribution in [1.82, 2.24) is 10.4 Å². The number of rotatable bonds is 9. The van der Waals surface area contributed by atoms with Crippen LogP contribution in [0.1, 0.15) is 58.1 Å². The van der Waals surface area contributed by atoms with Gasteiger partial charge in [0.25, 0.3) is 5.91 Å². The largest absolute Gasteiger partial charge is 0.494 e. The summed E-state index contributed by atoms with van der Waals surface area (Å²) in [6, 6.07) is 12.5. The minimum Gasteiger partial charge on any atom is -0.494 e. The van der Waals surface area contributed by atoms with Crippen LogP contribution in [0.2, 0.25) is 10.0 Å². The summed E-state index contributed by atoms with van der Waals surface area (Å²) in [5.74, 6) is -0.652. The number of piperidine rings is 1. The van der Waals surface area contributed by atoms with Crippen LogP contribution in [0.15, 0.2) is 47.6 Å². The van der Waals surface area contributed by atoms with Gasteiger partial charge >= 0.3 is 5.97 Å². The summed E-state index contributed by atoms with van der Waals surface area (Å²) < 4.78 is 5.81. The second kappa shape index (κ2) is 11.9. The number of carbonyl (C=O) groups is 2. The molecule has 2 aliphatic heterocycles. The minimum atomic E-state index is -0.861. The predicted octanol–water partition coefficient (Wildman–Crippen LogP) is 5.94. The van der Waals surface area contributed by atoms with E-state index in [4.69, 9.17) is 33.0 Å². The van der Waals surface area contributed by atoms with Crippen molar-refractivity contribution in [3.05, 3.63) is 58.1 Å². The predicted molar refractivity (Wildman–Crippen MR) is 150 cm³/mol. The van der Waals surface area contributed by atoms with Crippen LogP contribution >= 0.6 is 23.2 Å². The van der Waals surface area contributed by atoms with Crippen LogP contribution in [-0.4, -0.2) is 47.4 Å². The molecular formula is C28H34Cl2N4O4. The molecule has 0 saturated carbocycles. The molecule has 2 atom stereocenters. The Morgan fingerprint density at radius 3 is 2.42 bits per heavy atom. The SMILES string of the molecule is CC1C(C(=O)NN2CCCCC2)=NN(c2ccc(Cl)cc2Cl)C1c1ccc(OCCC(C)(C)C(=O)O)cc1. The highest BCUT2D eigenvalue weighted by Crippen LogP contribution is 2.42. The number of nitrogens with one attached hydrogen (secondary N) is 1. The number of carboxylic acid groups (broad SMARTS) is 1. The summed E-state index contributed by atoms with van der Waals surface area (Å²) in [4.78, 5) is 24.6. The maximum Gasteiger partial charge on any atom is 0.309 e. The van der Waals surface area contributed by atoms with Gasteiger partial charge in [0.05, 0.1) is 28.8 Å². The van der Waals surface area contributed by atoms with E-state index in [1.54, 1.807) is 37.1 Å². The van der Waals surface area contributed by atoms with E-state index in [0.29, 0.717) is 33.6 Å². The number of carbonyl (C=O) groups excluding carboxylic acids is 1.